The zero-order chi connectivity index (χ0) is 21.8. The fraction of sp³-hybridized carbons (Fsp3) is 0.522. The number of amides is 1. The third-order valence-electron chi connectivity index (χ3n) is 6.38. The predicted molar refractivity (Wildman–Crippen MR) is 112 cm³/mol. The lowest BCUT2D eigenvalue weighted by molar-refractivity contribution is -0.141. The number of hydrogen-bond donors (Lipinski definition) is 0. The molecule has 2 saturated heterocycles. The molecule has 4 rings (SSSR count). The lowest BCUT2D eigenvalue weighted by Crippen LogP contribution is -2.48. The minimum Gasteiger partial charge on any atom is -0.341 e. The van der Waals surface area contributed by atoms with Crippen molar-refractivity contribution in [2.75, 3.05) is 24.5 Å². The van der Waals surface area contributed by atoms with Crippen molar-refractivity contribution in [2.45, 2.75) is 50.7 Å². The Labute approximate surface area is 180 Å². The monoisotopic (exact) mass is 432 g/mol. The van der Waals surface area contributed by atoms with Crippen LogP contribution in [0, 0.1) is 5.92 Å². The third-order valence-corrected chi connectivity index (χ3v) is 6.38. The standard InChI is InChI=1S/C23H27F3N4O/c24-23(25,26)20-10-13-27-22(28-20)29-15-11-17(12-16-29)19-9-5-2-6-14-30(19)21(31)18-7-3-1-4-8-18/h1,3-4,7-8,10,13,17,19H,2,5-6,9,11-12,14-16H2. The predicted octanol–water partition coefficient (Wildman–Crippen LogP) is 4.80. The molecule has 0 spiro atoms. The van der Waals surface area contributed by atoms with Gasteiger partial charge in [-0.25, -0.2) is 9.97 Å². The number of benzene rings is 1. The molecule has 1 aromatic carbocycles. The Bertz CT molecular complexity index is 882. The Morgan fingerprint density at radius 3 is 2.39 bits per heavy atom. The van der Waals surface area contributed by atoms with Crippen molar-refractivity contribution in [1.29, 1.82) is 0 Å². The van der Waals surface area contributed by atoms with Crippen LogP contribution in [0.2, 0.25) is 0 Å². The van der Waals surface area contributed by atoms with E-state index in [0.717, 1.165) is 51.1 Å². The number of anilines is 1. The maximum Gasteiger partial charge on any atom is 0.433 e. The van der Waals surface area contributed by atoms with Gasteiger partial charge in [0.1, 0.15) is 5.69 Å². The zero-order valence-electron chi connectivity index (χ0n) is 17.4. The van der Waals surface area contributed by atoms with Crippen LogP contribution >= 0.6 is 0 Å². The Hall–Kier alpha value is -2.64. The number of likely N-dealkylation sites (tertiary alicyclic amines) is 1. The summed E-state index contributed by atoms with van der Waals surface area (Å²) < 4.78 is 39.0. The molecule has 2 aliphatic rings. The van der Waals surface area contributed by atoms with Gasteiger partial charge in [0.2, 0.25) is 5.95 Å². The summed E-state index contributed by atoms with van der Waals surface area (Å²) in [6.07, 6.45) is 2.50. The molecule has 166 valence electrons. The molecule has 3 heterocycles. The minimum atomic E-state index is -4.48. The topological polar surface area (TPSA) is 49.3 Å². The summed E-state index contributed by atoms with van der Waals surface area (Å²) in [7, 11) is 0. The minimum absolute atomic E-state index is 0.0798. The molecule has 1 amide bonds. The summed E-state index contributed by atoms with van der Waals surface area (Å²) in [5, 5.41) is 0. The molecule has 0 aliphatic carbocycles. The first kappa shape index (κ1) is 21.6. The number of aromatic nitrogens is 2. The van der Waals surface area contributed by atoms with Gasteiger partial charge in [-0.1, -0.05) is 31.0 Å². The van der Waals surface area contributed by atoms with Gasteiger partial charge < -0.3 is 9.80 Å². The highest BCUT2D eigenvalue weighted by molar-refractivity contribution is 5.94. The van der Waals surface area contributed by atoms with E-state index in [4.69, 9.17) is 0 Å². The van der Waals surface area contributed by atoms with Crippen LogP contribution in [0.4, 0.5) is 19.1 Å². The summed E-state index contributed by atoms with van der Waals surface area (Å²) in [5.41, 5.74) is -0.202. The van der Waals surface area contributed by atoms with Crippen LogP contribution in [0.25, 0.3) is 0 Å². The van der Waals surface area contributed by atoms with Crippen LogP contribution in [0.5, 0.6) is 0 Å². The fourth-order valence-corrected chi connectivity index (χ4v) is 4.77. The number of carbonyl (C=O) groups excluding carboxylic acids is 1. The molecule has 0 radical (unpaired) electrons. The number of alkyl halides is 3. The highest BCUT2D eigenvalue weighted by Gasteiger charge is 2.36. The van der Waals surface area contributed by atoms with E-state index in [-0.39, 0.29) is 17.9 Å². The van der Waals surface area contributed by atoms with Crippen LogP contribution in [0.3, 0.4) is 0 Å². The molecule has 0 saturated carbocycles. The molecule has 2 aromatic rings. The summed E-state index contributed by atoms with van der Waals surface area (Å²) in [6.45, 7) is 1.95. The smallest absolute Gasteiger partial charge is 0.341 e. The number of piperidine rings is 1. The van der Waals surface area contributed by atoms with E-state index in [1.165, 1.54) is 6.20 Å². The Morgan fingerprint density at radius 2 is 1.68 bits per heavy atom. The molecule has 2 fully saturated rings. The van der Waals surface area contributed by atoms with Crippen molar-refractivity contribution in [3.05, 3.63) is 53.9 Å². The second-order valence-corrected chi connectivity index (χ2v) is 8.35. The fourth-order valence-electron chi connectivity index (χ4n) is 4.77. The van der Waals surface area contributed by atoms with E-state index >= 15 is 0 Å². The zero-order valence-corrected chi connectivity index (χ0v) is 17.4. The van der Waals surface area contributed by atoms with E-state index in [1.807, 2.05) is 40.1 Å². The molecular formula is C23H27F3N4O. The summed E-state index contributed by atoms with van der Waals surface area (Å²) >= 11 is 0. The van der Waals surface area contributed by atoms with Gasteiger partial charge in [-0.3, -0.25) is 4.79 Å². The molecule has 5 nitrogen and oxygen atoms in total. The Morgan fingerprint density at radius 1 is 0.935 bits per heavy atom. The lowest BCUT2D eigenvalue weighted by atomic mass is 9.86. The highest BCUT2D eigenvalue weighted by Crippen LogP contribution is 2.33. The number of nitrogens with zero attached hydrogens (tertiary/aromatic N) is 4. The summed E-state index contributed by atoms with van der Waals surface area (Å²) in [6, 6.07) is 10.5. The van der Waals surface area contributed by atoms with Crippen LogP contribution in [-0.2, 0) is 6.18 Å². The van der Waals surface area contributed by atoms with Gasteiger partial charge in [-0.2, -0.15) is 13.2 Å². The number of hydrogen-bond acceptors (Lipinski definition) is 4. The van der Waals surface area contributed by atoms with Gasteiger partial charge in [0.05, 0.1) is 0 Å². The van der Waals surface area contributed by atoms with Crippen molar-refractivity contribution in [1.82, 2.24) is 14.9 Å². The molecule has 0 N–H and O–H groups in total. The number of halogens is 3. The molecule has 0 bridgehead atoms. The molecule has 1 aromatic heterocycles. The molecule has 31 heavy (non-hydrogen) atoms. The van der Waals surface area contributed by atoms with Crippen molar-refractivity contribution < 1.29 is 18.0 Å². The van der Waals surface area contributed by atoms with Crippen molar-refractivity contribution in [3.63, 3.8) is 0 Å². The van der Waals surface area contributed by atoms with E-state index < -0.39 is 11.9 Å². The van der Waals surface area contributed by atoms with Gasteiger partial charge in [0.15, 0.2) is 0 Å². The SMILES string of the molecule is O=C(c1ccccc1)N1CCCCCC1C1CCN(c2nccc(C(F)(F)F)n2)CC1. The first-order chi connectivity index (χ1) is 14.9. The maximum atomic E-state index is 13.2. The van der Waals surface area contributed by atoms with Crippen LogP contribution in [0.15, 0.2) is 42.6 Å². The van der Waals surface area contributed by atoms with Gasteiger partial charge >= 0.3 is 6.18 Å². The van der Waals surface area contributed by atoms with Gasteiger partial charge in [-0.15, -0.1) is 0 Å². The first-order valence-corrected chi connectivity index (χ1v) is 10.9. The Kier molecular flexibility index (Phi) is 6.43. The van der Waals surface area contributed by atoms with E-state index in [2.05, 4.69) is 9.97 Å². The molecule has 8 heteroatoms. The largest absolute Gasteiger partial charge is 0.433 e. The second-order valence-electron chi connectivity index (χ2n) is 8.35. The quantitative estimate of drug-likeness (QED) is 0.699. The number of carbonyl (C=O) groups is 1. The van der Waals surface area contributed by atoms with Crippen molar-refractivity contribution >= 4 is 11.9 Å². The van der Waals surface area contributed by atoms with Gasteiger partial charge in [0.25, 0.3) is 5.91 Å². The van der Waals surface area contributed by atoms with Gasteiger partial charge in [-0.05, 0) is 49.8 Å². The van der Waals surface area contributed by atoms with Crippen LogP contribution in [-0.4, -0.2) is 46.5 Å². The molecular weight excluding hydrogens is 405 g/mol. The molecule has 1 unspecified atom stereocenters. The summed E-state index contributed by atoms with van der Waals surface area (Å²) in [5.74, 6) is 0.537. The summed E-state index contributed by atoms with van der Waals surface area (Å²) in [4.78, 5) is 24.9. The van der Waals surface area contributed by atoms with Crippen molar-refractivity contribution in [2.24, 2.45) is 5.92 Å². The normalized spacial score (nSPS) is 21.1. The van der Waals surface area contributed by atoms with E-state index in [9.17, 15) is 18.0 Å². The average molecular weight is 432 g/mol. The van der Waals surface area contributed by atoms with E-state index in [1.54, 1.807) is 0 Å². The van der Waals surface area contributed by atoms with Gasteiger partial charge in [0, 0.05) is 37.4 Å². The third kappa shape index (κ3) is 4.99. The van der Waals surface area contributed by atoms with E-state index in [0.29, 0.717) is 24.6 Å². The average Bonchev–Trinajstić information content (AvgIpc) is 3.05. The number of rotatable bonds is 3. The maximum absolute atomic E-state index is 13.2. The second kappa shape index (κ2) is 9.24. The Balaban J connectivity index is 1.46. The van der Waals surface area contributed by atoms with Crippen molar-refractivity contribution in [3.8, 4) is 0 Å². The molecule has 1 atom stereocenters. The van der Waals surface area contributed by atoms with Crippen LogP contribution in [0.1, 0.15) is 54.6 Å². The first-order valence-electron chi connectivity index (χ1n) is 10.9. The highest BCUT2D eigenvalue weighted by atomic mass is 19.4. The van der Waals surface area contributed by atoms with Crippen LogP contribution < -0.4 is 4.90 Å². The molecule has 2 aliphatic heterocycles. The lowest BCUT2D eigenvalue weighted by Gasteiger charge is -2.40.